The highest BCUT2D eigenvalue weighted by atomic mass is 127. The van der Waals surface area contributed by atoms with Crippen molar-refractivity contribution in [1.29, 1.82) is 0 Å². The summed E-state index contributed by atoms with van der Waals surface area (Å²) in [5, 5.41) is 8.98. The van der Waals surface area contributed by atoms with Crippen LogP contribution in [0.25, 0.3) is 0 Å². The molecule has 1 rings (SSSR count). The highest BCUT2D eigenvalue weighted by Gasteiger charge is 2.14. The van der Waals surface area contributed by atoms with Gasteiger partial charge in [-0.25, -0.2) is 4.79 Å². The second-order valence-corrected chi connectivity index (χ2v) is 4.30. The smallest absolute Gasteiger partial charge is 0.336 e. The first-order chi connectivity index (χ1) is 6.56. The van der Waals surface area contributed by atoms with Gasteiger partial charge in [0.25, 0.3) is 0 Å². The molecule has 0 fully saturated rings. The van der Waals surface area contributed by atoms with Crippen molar-refractivity contribution in [2.24, 2.45) is 5.73 Å². The zero-order chi connectivity index (χ0) is 10.7. The molecule has 0 heterocycles. The van der Waals surface area contributed by atoms with Crippen molar-refractivity contribution in [3.05, 3.63) is 32.9 Å². The summed E-state index contributed by atoms with van der Waals surface area (Å²) in [6.07, 6.45) is 0.737. The zero-order valence-corrected chi connectivity index (χ0v) is 9.98. The van der Waals surface area contributed by atoms with E-state index in [9.17, 15) is 4.79 Å². The van der Waals surface area contributed by atoms with Gasteiger partial charge in [0.05, 0.1) is 5.56 Å². The van der Waals surface area contributed by atoms with Gasteiger partial charge in [0.2, 0.25) is 0 Å². The van der Waals surface area contributed by atoms with E-state index in [0.29, 0.717) is 11.1 Å². The molecule has 0 spiro atoms. The molecule has 3 N–H and O–H groups in total. The molecular weight excluding hydrogens is 293 g/mol. The van der Waals surface area contributed by atoms with E-state index in [-0.39, 0.29) is 6.04 Å². The Morgan fingerprint density at radius 1 is 1.64 bits per heavy atom. The van der Waals surface area contributed by atoms with E-state index in [4.69, 9.17) is 10.8 Å². The molecule has 0 aliphatic carbocycles. The van der Waals surface area contributed by atoms with Gasteiger partial charge in [0, 0.05) is 9.61 Å². The second-order valence-electron chi connectivity index (χ2n) is 3.05. The predicted molar refractivity (Wildman–Crippen MR) is 63.3 cm³/mol. The lowest BCUT2D eigenvalue weighted by Crippen LogP contribution is -2.14. The van der Waals surface area contributed by atoms with E-state index in [0.717, 1.165) is 9.99 Å². The van der Waals surface area contributed by atoms with Crippen molar-refractivity contribution in [2.45, 2.75) is 19.4 Å². The van der Waals surface area contributed by atoms with Crippen molar-refractivity contribution >= 4 is 28.6 Å². The Hall–Kier alpha value is -0.620. The maximum atomic E-state index is 10.9. The molecular formula is C10H12INO2. The van der Waals surface area contributed by atoms with Crippen LogP contribution in [0.2, 0.25) is 0 Å². The fourth-order valence-corrected chi connectivity index (χ4v) is 1.75. The summed E-state index contributed by atoms with van der Waals surface area (Å²) in [6.45, 7) is 1.94. The fourth-order valence-electron chi connectivity index (χ4n) is 1.26. The molecule has 0 amide bonds. The van der Waals surface area contributed by atoms with Crippen molar-refractivity contribution in [3.8, 4) is 0 Å². The maximum absolute atomic E-state index is 10.9. The topological polar surface area (TPSA) is 63.3 Å². The van der Waals surface area contributed by atoms with Crippen LogP contribution in [0.3, 0.4) is 0 Å². The average molecular weight is 305 g/mol. The third-order valence-electron chi connectivity index (χ3n) is 2.09. The summed E-state index contributed by atoms with van der Waals surface area (Å²) in [5.74, 6) is -0.914. The molecule has 4 heteroatoms. The van der Waals surface area contributed by atoms with E-state index in [2.05, 4.69) is 22.6 Å². The summed E-state index contributed by atoms with van der Waals surface area (Å²) in [5.41, 5.74) is 6.84. The highest BCUT2D eigenvalue weighted by molar-refractivity contribution is 14.1. The number of halogens is 1. The van der Waals surface area contributed by atoms with E-state index in [1.54, 1.807) is 12.1 Å². The Balaban J connectivity index is 3.21. The fraction of sp³-hybridized carbons (Fsp3) is 0.300. The van der Waals surface area contributed by atoms with Crippen molar-refractivity contribution < 1.29 is 9.90 Å². The lowest BCUT2D eigenvalue weighted by Gasteiger charge is -2.12. The highest BCUT2D eigenvalue weighted by Crippen LogP contribution is 2.21. The average Bonchev–Trinajstić information content (AvgIpc) is 2.16. The van der Waals surface area contributed by atoms with Crippen LogP contribution in [0.15, 0.2) is 18.2 Å². The summed E-state index contributed by atoms with van der Waals surface area (Å²) in [4.78, 5) is 10.9. The number of nitrogens with two attached hydrogens (primary N) is 1. The standard InChI is InChI=1S/C10H12INO2/c1-2-9(12)7-4-3-6(11)5-8(7)10(13)14/h3-5,9H,2,12H2,1H3,(H,13,14)/t9-/m0/s1. The number of rotatable bonds is 3. The molecule has 0 bridgehead atoms. The summed E-state index contributed by atoms with van der Waals surface area (Å²) >= 11 is 2.09. The Morgan fingerprint density at radius 3 is 2.79 bits per heavy atom. The molecule has 3 nitrogen and oxygen atoms in total. The minimum Gasteiger partial charge on any atom is -0.478 e. The summed E-state index contributed by atoms with van der Waals surface area (Å²) < 4.78 is 0.909. The van der Waals surface area contributed by atoms with Crippen LogP contribution < -0.4 is 5.73 Å². The molecule has 1 aromatic rings. The van der Waals surface area contributed by atoms with Gasteiger partial charge in [0.15, 0.2) is 0 Å². The zero-order valence-electron chi connectivity index (χ0n) is 7.83. The predicted octanol–water partition coefficient (Wildman–Crippen LogP) is 2.40. The van der Waals surface area contributed by atoms with Gasteiger partial charge < -0.3 is 10.8 Å². The molecule has 76 valence electrons. The van der Waals surface area contributed by atoms with Gasteiger partial charge in [-0.2, -0.15) is 0 Å². The van der Waals surface area contributed by atoms with Crippen molar-refractivity contribution in [3.63, 3.8) is 0 Å². The molecule has 14 heavy (non-hydrogen) atoms. The van der Waals surface area contributed by atoms with E-state index < -0.39 is 5.97 Å². The number of carbonyl (C=O) groups is 1. The Kier molecular flexibility index (Phi) is 3.88. The lowest BCUT2D eigenvalue weighted by molar-refractivity contribution is 0.0695. The van der Waals surface area contributed by atoms with Crippen LogP contribution in [0.4, 0.5) is 0 Å². The SMILES string of the molecule is CC[C@H](N)c1ccc(I)cc1C(=O)O. The lowest BCUT2D eigenvalue weighted by atomic mass is 9.99. The van der Waals surface area contributed by atoms with Crippen LogP contribution in [0.1, 0.15) is 35.3 Å². The number of carboxylic acid groups (broad SMARTS) is 1. The van der Waals surface area contributed by atoms with Crippen LogP contribution >= 0.6 is 22.6 Å². The third kappa shape index (κ3) is 2.45. The Labute approximate surface area is 96.4 Å². The number of aromatic carboxylic acids is 1. The quantitative estimate of drug-likeness (QED) is 0.843. The van der Waals surface area contributed by atoms with E-state index >= 15 is 0 Å². The molecule has 0 radical (unpaired) electrons. The summed E-state index contributed by atoms with van der Waals surface area (Å²) in [6, 6.07) is 5.11. The first kappa shape index (κ1) is 11.5. The molecule has 0 aliphatic rings. The van der Waals surface area contributed by atoms with Gasteiger partial charge in [-0.3, -0.25) is 0 Å². The summed E-state index contributed by atoms with van der Waals surface area (Å²) in [7, 11) is 0. The first-order valence-corrected chi connectivity index (χ1v) is 5.42. The molecule has 0 aromatic heterocycles. The van der Waals surface area contributed by atoms with Crippen LogP contribution in [0.5, 0.6) is 0 Å². The Bertz CT molecular complexity index is 352. The van der Waals surface area contributed by atoms with Gasteiger partial charge in [0.1, 0.15) is 0 Å². The molecule has 0 saturated heterocycles. The van der Waals surface area contributed by atoms with E-state index in [1.165, 1.54) is 0 Å². The third-order valence-corrected chi connectivity index (χ3v) is 2.76. The van der Waals surface area contributed by atoms with Gasteiger partial charge in [-0.05, 0) is 46.7 Å². The van der Waals surface area contributed by atoms with Crippen LogP contribution in [0, 0.1) is 3.57 Å². The minimum atomic E-state index is -0.914. The maximum Gasteiger partial charge on any atom is 0.336 e. The van der Waals surface area contributed by atoms with Crippen LogP contribution in [-0.2, 0) is 0 Å². The molecule has 0 unspecified atom stereocenters. The van der Waals surface area contributed by atoms with Gasteiger partial charge in [-0.15, -0.1) is 0 Å². The normalized spacial score (nSPS) is 12.5. The van der Waals surface area contributed by atoms with E-state index in [1.807, 2.05) is 13.0 Å². The molecule has 1 aromatic carbocycles. The molecule has 0 aliphatic heterocycles. The van der Waals surface area contributed by atoms with Crippen molar-refractivity contribution in [1.82, 2.24) is 0 Å². The minimum absolute atomic E-state index is 0.196. The van der Waals surface area contributed by atoms with Gasteiger partial charge >= 0.3 is 5.97 Å². The Morgan fingerprint density at radius 2 is 2.29 bits per heavy atom. The number of hydrogen-bond acceptors (Lipinski definition) is 2. The van der Waals surface area contributed by atoms with Crippen molar-refractivity contribution in [2.75, 3.05) is 0 Å². The first-order valence-electron chi connectivity index (χ1n) is 4.34. The molecule has 1 atom stereocenters. The monoisotopic (exact) mass is 305 g/mol. The number of benzene rings is 1. The van der Waals surface area contributed by atoms with Gasteiger partial charge in [-0.1, -0.05) is 13.0 Å². The largest absolute Gasteiger partial charge is 0.478 e. The van der Waals surface area contributed by atoms with Crippen LogP contribution in [-0.4, -0.2) is 11.1 Å². The molecule has 0 saturated carbocycles. The number of hydrogen-bond donors (Lipinski definition) is 2. The second kappa shape index (κ2) is 4.75. The number of carboxylic acids is 1.